The third-order valence-corrected chi connectivity index (χ3v) is 9.25. The molecule has 8 heteroatoms. The minimum atomic E-state index is -3.05. The first kappa shape index (κ1) is 19.3. The van der Waals surface area contributed by atoms with Crippen LogP contribution in [0.25, 0.3) is 0 Å². The quantitative estimate of drug-likeness (QED) is 0.739. The summed E-state index contributed by atoms with van der Waals surface area (Å²) >= 11 is 7.76. The maximum Gasteiger partial charge on any atom is 0.251 e. The van der Waals surface area contributed by atoms with Crippen LogP contribution in [-0.2, 0) is 21.2 Å². The molecule has 1 aromatic rings. The molecule has 0 spiro atoms. The van der Waals surface area contributed by atoms with Crippen molar-refractivity contribution in [1.29, 1.82) is 0 Å². The molecule has 0 radical (unpaired) electrons. The average molecular weight is 427 g/mol. The molecule has 1 amide bonds. The van der Waals surface area contributed by atoms with E-state index in [1.807, 2.05) is 29.2 Å². The number of amidine groups is 1. The second-order valence-electron chi connectivity index (χ2n) is 7.59. The zero-order chi connectivity index (χ0) is 19.0. The Kier molecular flexibility index (Phi) is 5.54. The number of amides is 1. The average Bonchev–Trinajstić information content (AvgIpc) is 3.10. The van der Waals surface area contributed by atoms with Gasteiger partial charge in [-0.05, 0) is 24.5 Å². The third-order valence-electron chi connectivity index (χ3n) is 5.63. The zero-order valence-corrected chi connectivity index (χ0v) is 17.4. The summed E-state index contributed by atoms with van der Waals surface area (Å²) in [5, 5.41) is 1.25. The summed E-state index contributed by atoms with van der Waals surface area (Å²) in [6.45, 7) is 0.472. The molecule has 3 aliphatic rings. The van der Waals surface area contributed by atoms with Crippen LogP contribution >= 0.6 is 23.4 Å². The highest BCUT2D eigenvalue weighted by Crippen LogP contribution is 2.40. The highest BCUT2D eigenvalue weighted by Gasteiger charge is 2.49. The Bertz CT molecular complexity index is 865. The lowest BCUT2D eigenvalue weighted by atomic mass is 9.89. The molecule has 2 heterocycles. The highest BCUT2D eigenvalue weighted by atomic mass is 35.5. The number of thioether (sulfide) groups is 1. The maximum absolute atomic E-state index is 12.7. The number of nitrogens with zero attached hydrogens (tertiary/aromatic N) is 2. The number of hydrogen-bond acceptors (Lipinski definition) is 4. The molecule has 1 saturated carbocycles. The van der Waals surface area contributed by atoms with Crippen molar-refractivity contribution in [1.82, 2.24) is 4.90 Å². The first-order valence-corrected chi connectivity index (χ1v) is 12.5. The van der Waals surface area contributed by atoms with Gasteiger partial charge >= 0.3 is 0 Å². The van der Waals surface area contributed by atoms with Crippen LogP contribution in [0.5, 0.6) is 0 Å². The number of hydrogen-bond donors (Lipinski definition) is 0. The molecule has 1 aromatic carbocycles. The first-order chi connectivity index (χ1) is 12.9. The summed E-state index contributed by atoms with van der Waals surface area (Å²) in [5.41, 5.74) is 0.919. The van der Waals surface area contributed by atoms with Gasteiger partial charge in [0.2, 0.25) is 0 Å². The summed E-state index contributed by atoms with van der Waals surface area (Å²) < 4.78 is 24.2. The van der Waals surface area contributed by atoms with E-state index in [0.29, 0.717) is 16.7 Å². The van der Waals surface area contributed by atoms with Gasteiger partial charge in [0.05, 0.1) is 17.5 Å². The van der Waals surface area contributed by atoms with Gasteiger partial charge in [-0.15, -0.1) is 0 Å². The van der Waals surface area contributed by atoms with Crippen LogP contribution in [0.4, 0.5) is 0 Å². The number of carbonyl (C=O) groups excluding carboxylic acids is 1. The van der Waals surface area contributed by atoms with Gasteiger partial charge < -0.3 is 4.90 Å². The van der Waals surface area contributed by atoms with Gasteiger partial charge in [0.1, 0.15) is 0 Å². The summed E-state index contributed by atoms with van der Waals surface area (Å²) in [7, 11) is -3.05. The Morgan fingerprint density at radius 3 is 2.67 bits per heavy atom. The lowest BCUT2D eigenvalue weighted by Gasteiger charge is -2.25. The SMILES string of the molecule is O=C(N=C1S[C@H]2CS(=O)(=O)C[C@@H]2N1Cc1ccccc1Cl)C1CCCCC1. The number of rotatable bonds is 3. The maximum atomic E-state index is 12.7. The van der Waals surface area contributed by atoms with Crippen LogP contribution in [0.15, 0.2) is 29.3 Å². The van der Waals surface area contributed by atoms with Gasteiger partial charge in [0.25, 0.3) is 5.91 Å². The summed E-state index contributed by atoms with van der Waals surface area (Å²) in [4.78, 5) is 19.1. The van der Waals surface area contributed by atoms with Crippen LogP contribution in [0.2, 0.25) is 5.02 Å². The predicted octanol–water partition coefficient (Wildman–Crippen LogP) is 3.52. The molecule has 0 aromatic heterocycles. The van der Waals surface area contributed by atoms with E-state index in [-0.39, 0.29) is 34.6 Å². The summed E-state index contributed by atoms with van der Waals surface area (Å²) in [6, 6.07) is 7.40. The molecule has 0 bridgehead atoms. The van der Waals surface area contributed by atoms with Crippen molar-refractivity contribution in [3.8, 4) is 0 Å². The molecule has 2 aliphatic heterocycles. The minimum absolute atomic E-state index is 0.0122. The number of sulfone groups is 1. The van der Waals surface area contributed by atoms with Gasteiger partial charge in [0, 0.05) is 22.7 Å². The van der Waals surface area contributed by atoms with Crippen molar-refractivity contribution >= 4 is 44.3 Å². The lowest BCUT2D eigenvalue weighted by Crippen LogP contribution is -2.37. The van der Waals surface area contributed by atoms with Gasteiger partial charge in [0.15, 0.2) is 15.0 Å². The molecular formula is C19H23ClN2O3S2. The molecule has 3 fully saturated rings. The molecule has 1 aliphatic carbocycles. The van der Waals surface area contributed by atoms with Crippen molar-refractivity contribution in [2.75, 3.05) is 11.5 Å². The molecule has 2 atom stereocenters. The standard InChI is InChI=1S/C19H23ClN2O3S2/c20-15-9-5-4-8-14(15)10-22-16-11-27(24,25)12-17(16)26-19(22)21-18(23)13-6-2-1-3-7-13/h4-5,8-9,13,16-17H,1-3,6-7,10-12H2/t16-,17-/m0/s1. The summed E-state index contributed by atoms with van der Waals surface area (Å²) in [5.74, 6) is 0.228. The second-order valence-corrected chi connectivity index (χ2v) is 11.4. The van der Waals surface area contributed by atoms with Gasteiger partial charge in [-0.2, -0.15) is 4.99 Å². The summed E-state index contributed by atoms with van der Waals surface area (Å²) in [6.07, 6.45) is 5.18. The molecular weight excluding hydrogens is 404 g/mol. The van der Waals surface area contributed by atoms with E-state index in [1.165, 1.54) is 18.2 Å². The Morgan fingerprint density at radius 1 is 1.19 bits per heavy atom. The third kappa shape index (κ3) is 4.20. The number of aliphatic imine (C=N–C) groups is 1. The molecule has 5 nitrogen and oxygen atoms in total. The number of fused-ring (bicyclic) bond motifs is 1. The van der Waals surface area contributed by atoms with E-state index < -0.39 is 9.84 Å². The van der Waals surface area contributed by atoms with Crippen molar-refractivity contribution < 1.29 is 13.2 Å². The molecule has 0 unspecified atom stereocenters. The van der Waals surface area contributed by atoms with Crippen molar-refractivity contribution in [2.45, 2.75) is 49.9 Å². The Balaban J connectivity index is 1.60. The van der Waals surface area contributed by atoms with Crippen LogP contribution in [-0.4, -0.2) is 47.2 Å². The fourth-order valence-electron chi connectivity index (χ4n) is 4.17. The molecule has 4 rings (SSSR count). The van der Waals surface area contributed by atoms with Gasteiger partial charge in [-0.25, -0.2) is 8.42 Å². The Hall–Kier alpha value is -1.05. The van der Waals surface area contributed by atoms with E-state index >= 15 is 0 Å². The van der Waals surface area contributed by atoms with Gasteiger partial charge in [-0.3, -0.25) is 4.79 Å². The fraction of sp³-hybridized carbons (Fsp3) is 0.579. The van der Waals surface area contributed by atoms with Gasteiger partial charge in [-0.1, -0.05) is 60.8 Å². The first-order valence-electron chi connectivity index (χ1n) is 9.42. The molecule has 0 N–H and O–H groups in total. The zero-order valence-electron chi connectivity index (χ0n) is 15.0. The monoisotopic (exact) mass is 426 g/mol. The molecule has 27 heavy (non-hydrogen) atoms. The second kappa shape index (κ2) is 7.76. The van der Waals surface area contributed by atoms with E-state index in [0.717, 1.165) is 31.2 Å². The van der Waals surface area contributed by atoms with Crippen molar-refractivity contribution in [3.05, 3.63) is 34.9 Å². The van der Waals surface area contributed by atoms with Crippen molar-refractivity contribution in [2.24, 2.45) is 10.9 Å². The Morgan fingerprint density at radius 2 is 1.93 bits per heavy atom. The number of halogens is 1. The Labute approximate surface area is 169 Å². The number of carbonyl (C=O) groups is 1. The van der Waals surface area contributed by atoms with E-state index in [4.69, 9.17) is 11.6 Å². The normalized spacial score (nSPS) is 29.2. The smallest absolute Gasteiger partial charge is 0.251 e. The van der Waals surface area contributed by atoms with E-state index in [2.05, 4.69) is 4.99 Å². The minimum Gasteiger partial charge on any atom is -0.342 e. The van der Waals surface area contributed by atoms with Crippen LogP contribution < -0.4 is 0 Å². The van der Waals surface area contributed by atoms with Crippen molar-refractivity contribution in [3.63, 3.8) is 0 Å². The predicted molar refractivity (Wildman–Crippen MR) is 110 cm³/mol. The van der Waals surface area contributed by atoms with Crippen LogP contribution in [0, 0.1) is 5.92 Å². The topological polar surface area (TPSA) is 66.8 Å². The lowest BCUT2D eigenvalue weighted by molar-refractivity contribution is -0.122. The van der Waals surface area contributed by atoms with Crippen LogP contribution in [0.3, 0.4) is 0 Å². The molecule has 146 valence electrons. The largest absolute Gasteiger partial charge is 0.342 e. The highest BCUT2D eigenvalue weighted by molar-refractivity contribution is 8.15. The fourth-order valence-corrected chi connectivity index (χ4v) is 8.32. The molecule has 2 saturated heterocycles. The van der Waals surface area contributed by atoms with E-state index in [1.54, 1.807) is 0 Å². The number of benzene rings is 1. The van der Waals surface area contributed by atoms with Crippen LogP contribution in [0.1, 0.15) is 37.7 Å². The van der Waals surface area contributed by atoms with E-state index in [9.17, 15) is 13.2 Å².